The molecule has 0 saturated heterocycles. The monoisotopic (exact) mass is 352 g/mol. The van der Waals surface area contributed by atoms with Crippen LogP contribution in [0.25, 0.3) is 0 Å². The number of hydrogen-bond donors (Lipinski definition) is 1. The maximum Gasteiger partial charge on any atom is 0.200 e. The summed E-state index contributed by atoms with van der Waals surface area (Å²) in [6.07, 6.45) is 2.27. The number of rotatable bonds is 4. The van der Waals surface area contributed by atoms with Crippen LogP contribution in [0.15, 0.2) is 36.4 Å². The summed E-state index contributed by atoms with van der Waals surface area (Å²) in [6, 6.07) is 11.2. The van der Waals surface area contributed by atoms with Gasteiger partial charge in [-0.2, -0.15) is 0 Å². The second-order valence-corrected chi connectivity index (χ2v) is 8.69. The van der Waals surface area contributed by atoms with E-state index >= 15 is 0 Å². The first kappa shape index (κ1) is 18.5. The van der Waals surface area contributed by atoms with Gasteiger partial charge in [0.1, 0.15) is 11.5 Å². The number of aromatic hydroxyl groups is 1. The number of aryl methyl sites for hydroxylation is 1. The van der Waals surface area contributed by atoms with E-state index in [1.807, 2.05) is 13.0 Å². The smallest absolute Gasteiger partial charge is 0.200 e. The Morgan fingerprint density at radius 1 is 1.00 bits per heavy atom. The molecule has 2 aromatic rings. The Morgan fingerprint density at radius 3 is 2.31 bits per heavy atom. The summed E-state index contributed by atoms with van der Waals surface area (Å²) >= 11 is 0. The predicted octanol–water partition coefficient (Wildman–Crippen LogP) is 5.31. The van der Waals surface area contributed by atoms with Gasteiger partial charge in [-0.25, -0.2) is 0 Å². The molecule has 0 aromatic heterocycles. The number of phenols is 1. The molecule has 3 nitrogen and oxygen atoms in total. The molecule has 2 aromatic carbocycles. The van der Waals surface area contributed by atoms with Gasteiger partial charge in [-0.05, 0) is 59.4 Å². The topological polar surface area (TPSA) is 46.5 Å². The Kier molecular flexibility index (Phi) is 4.60. The van der Waals surface area contributed by atoms with Crippen LogP contribution >= 0.6 is 0 Å². The van der Waals surface area contributed by atoms with Gasteiger partial charge in [0.05, 0.1) is 0 Å². The molecule has 3 rings (SSSR count). The zero-order chi connectivity index (χ0) is 19.1. The van der Waals surface area contributed by atoms with Crippen molar-refractivity contribution in [3.8, 4) is 11.5 Å². The molecule has 26 heavy (non-hydrogen) atoms. The lowest BCUT2D eigenvalue weighted by atomic mass is 9.63. The number of phenolic OH excluding ortho intramolecular Hbond substituents is 1. The Bertz CT molecular complexity index is 847. The van der Waals surface area contributed by atoms with Crippen LogP contribution in [0.5, 0.6) is 11.5 Å². The average molecular weight is 352 g/mol. The largest absolute Gasteiger partial charge is 0.508 e. The first-order chi connectivity index (χ1) is 12.1. The highest BCUT2D eigenvalue weighted by molar-refractivity contribution is 5.97. The standard InChI is InChI=1S/C23H28O3/c1-15-6-8-17(13-20(15)24)26-14-21(25)16-7-9-18-19(12-16)23(4,5)11-10-22(18,2)3/h6-9,12-13,24H,10-11,14H2,1-5H3. The van der Waals surface area contributed by atoms with E-state index in [2.05, 4.69) is 39.8 Å². The Labute approximate surface area is 156 Å². The lowest BCUT2D eigenvalue weighted by molar-refractivity contribution is 0.0921. The zero-order valence-electron chi connectivity index (χ0n) is 16.3. The fourth-order valence-corrected chi connectivity index (χ4v) is 3.67. The first-order valence-electron chi connectivity index (χ1n) is 9.21. The molecule has 0 fully saturated rings. The molecule has 0 amide bonds. The SMILES string of the molecule is Cc1ccc(OCC(=O)c2ccc3c(c2)C(C)(C)CCC3(C)C)cc1O. The minimum Gasteiger partial charge on any atom is -0.508 e. The third kappa shape index (κ3) is 3.48. The Balaban J connectivity index is 1.81. The second-order valence-electron chi connectivity index (χ2n) is 8.69. The van der Waals surface area contributed by atoms with Gasteiger partial charge >= 0.3 is 0 Å². The molecule has 0 radical (unpaired) electrons. The fourth-order valence-electron chi connectivity index (χ4n) is 3.67. The Hall–Kier alpha value is -2.29. The van der Waals surface area contributed by atoms with E-state index < -0.39 is 0 Å². The third-order valence-electron chi connectivity index (χ3n) is 5.73. The lowest BCUT2D eigenvalue weighted by Crippen LogP contribution is -2.34. The summed E-state index contributed by atoms with van der Waals surface area (Å²) in [5.74, 6) is 0.626. The lowest BCUT2D eigenvalue weighted by Gasteiger charge is -2.42. The first-order valence-corrected chi connectivity index (χ1v) is 9.21. The van der Waals surface area contributed by atoms with E-state index in [9.17, 15) is 9.90 Å². The van der Waals surface area contributed by atoms with Crippen LogP contribution < -0.4 is 4.74 Å². The summed E-state index contributed by atoms with van der Waals surface area (Å²) < 4.78 is 5.59. The molecule has 0 saturated carbocycles. The van der Waals surface area contributed by atoms with E-state index in [4.69, 9.17) is 4.74 Å². The van der Waals surface area contributed by atoms with Crippen molar-refractivity contribution in [2.24, 2.45) is 0 Å². The van der Waals surface area contributed by atoms with Crippen LogP contribution in [0.1, 0.15) is 67.6 Å². The van der Waals surface area contributed by atoms with E-state index in [1.54, 1.807) is 18.2 Å². The maximum atomic E-state index is 12.6. The van der Waals surface area contributed by atoms with Gasteiger partial charge in [0.2, 0.25) is 0 Å². The molecule has 1 N–H and O–H groups in total. The number of fused-ring (bicyclic) bond motifs is 1. The van der Waals surface area contributed by atoms with Crippen molar-refractivity contribution in [1.82, 2.24) is 0 Å². The van der Waals surface area contributed by atoms with Gasteiger partial charge in [-0.3, -0.25) is 4.79 Å². The predicted molar refractivity (Wildman–Crippen MR) is 104 cm³/mol. The number of Topliss-reactive ketones (excluding diaryl/α,β-unsaturated/α-hetero) is 1. The Morgan fingerprint density at radius 2 is 1.65 bits per heavy atom. The minimum absolute atomic E-state index is 0.0366. The van der Waals surface area contributed by atoms with E-state index in [0.29, 0.717) is 11.3 Å². The van der Waals surface area contributed by atoms with Crippen molar-refractivity contribution in [3.05, 3.63) is 58.7 Å². The number of carbonyl (C=O) groups is 1. The average Bonchev–Trinajstić information content (AvgIpc) is 2.59. The minimum atomic E-state index is -0.0490. The molecular weight excluding hydrogens is 324 g/mol. The van der Waals surface area contributed by atoms with E-state index in [1.165, 1.54) is 11.1 Å². The molecule has 0 atom stereocenters. The van der Waals surface area contributed by atoms with Gasteiger partial charge in [0, 0.05) is 11.6 Å². The van der Waals surface area contributed by atoms with Crippen LogP contribution in [0.4, 0.5) is 0 Å². The van der Waals surface area contributed by atoms with Crippen LogP contribution in [0, 0.1) is 6.92 Å². The summed E-state index contributed by atoms with van der Waals surface area (Å²) in [6.45, 7) is 10.8. The molecule has 0 aliphatic heterocycles. The van der Waals surface area contributed by atoms with Crippen molar-refractivity contribution in [1.29, 1.82) is 0 Å². The number of hydrogen-bond acceptors (Lipinski definition) is 3. The fraction of sp³-hybridized carbons (Fsp3) is 0.435. The number of ketones is 1. The van der Waals surface area contributed by atoms with Gasteiger partial charge in [0.15, 0.2) is 12.4 Å². The summed E-state index contributed by atoms with van der Waals surface area (Å²) in [5.41, 5.74) is 4.30. The number of carbonyl (C=O) groups excluding carboxylic acids is 1. The summed E-state index contributed by atoms with van der Waals surface area (Å²) in [7, 11) is 0. The van der Waals surface area contributed by atoms with Crippen molar-refractivity contribution in [3.63, 3.8) is 0 Å². The highest BCUT2D eigenvalue weighted by Crippen LogP contribution is 2.45. The summed E-state index contributed by atoms with van der Waals surface area (Å²) in [5, 5.41) is 9.76. The molecule has 3 heteroatoms. The van der Waals surface area contributed by atoms with E-state index in [-0.39, 0.29) is 29.0 Å². The third-order valence-corrected chi connectivity index (χ3v) is 5.73. The van der Waals surface area contributed by atoms with Crippen molar-refractivity contribution < 1.29 is 14.6 Å². The zero-order valence-corrected chi connectivity index (χ0v) is 16.3. The van der Waals surface area contributed by atoms with Crippen LogP contribution in [-0.4, -0.2) is 17.5 Å². The molecule has 1 aliphatic carbocycles. The van der Waals surface area contributed by atoms with Gasteiger partial charge < -0.3 is 9.84 Å². The molecule has 0 bridgehead atoms. The van der Waals surface area contributed by atoms with Gasteiger partial charge in [-0.1, -0.05) is 45.9 Å². The molecular formula is C23H28O3. The highest BCUT2D eigenvalue weighted by atomic mass is 16.5. The van der Waals surface area contributed by atoms with Crippen LogP contribution in [0.3, 0.4) is 0 Å². The van der Waals surface area contributed by atoms with Crippen molar-refractivity contribution >= 4 is 5.78 Å². The van der Waals surface area contributed by atoms with Gasteiger partial charge in [0.25, 0.3) is 0 Å². The molecule has 0 heterocycles. The highest BCUT2D eigenvalue weighted by Gasteiger charge is 2.37. The number of ether oxygens (including phenoxy) is 1. The molecule has 138 valence electrons. The van der Waals surface area contributed by atoms with E-state index in [0.717, 1.165) is 18.4 Å². The molecule has 0 spiro atoms. The second kappa shape index (κ2) is 6.46. The summed E-state index contributed by atoms with van der Waals surface area (Å²) in [4.78, 5) is 12.6. The molecule has 0 unspecified atom stereocenters. The quantitative estimate of drug-likeness (QED) is 0.758. The van der Waals surface area contributed by atoms with Crippen molar-refractivity contribution in [2.45, 2.75) is 58.3 Å². The van der Waals surface area contributed by atoms with Crippen LogP contribution in [0.2, 0.25) is 0 Å². The molecule has 1 aliphatic rings. The number of benzene rings is 2. The van der Waals surface area contributed by atoms with Gasteiger partial charge in [-0.15, -0.1) is 0 Å². The van der Waals surface area contributed by atoms with Crippen molar-refractivity contribution in [2.75, 3.05) is 6.61 Å². The normalized spacial score (nSPS) is 17.4. The maximum absolute atomic E-state index is 12.6. The van der Waals surface area contributed by atoms with Crippen LogP contribution in [-0.2, 0) is 10.8 Å².